The molecule has 1 heterocycles. The summed E-state index contributed by atoms with van der Waals surface area (Å²) >= 11 is 1.52. The molecule has 2 aromatic rings. The van der Waals surface area contributed by atoms with Crippen LogP contribution in [0.1, 0.15) is 18.1 Å². The van der Waals surface area contributed by atoms with Crippen molar-refractivity contribution in [3.8, 4) is 0 Å². The number of benzene rings is 1. The molecule has 0 unspecified atom stereocenters. The monoisotopic (exact) mass is 386 g/mol. The number of rotatable bonds is 7. The molecule has 142 valence electrons. The van der Waals surface area contributed by atoms with Gasteiger partial charge in [-0.2, -0.15) is 11.3 Å². The second kappa shape index (κ2) is 9.68. The van der Waals surface area contributed by atoms with Crippen LogP contribution in [0.3, 0.4) is 0 Å². The molecule has 1 N–H and O–H groups in total. The van der Waals surface area contributed by atoms with Crippen LogP contribution in [0.25, 0.3) is 6.08 Å². The third kappa shape index (κ3) is 6.71. The highest BCUT2D eigenvalue weighted by Crippen LogP contribution is 2.09. The van der Waals surface area contributed by atoms with Crippen molar-refractivity contribution in [1.82, 2.24) is 4.90 Å². The maximum absolute atomic E-state index is 12.3. The summed E-state index contributed by atoms with van der Waals surface area (Å²) in [5.41, 5.74) is 2.63. The number of carbonyl (C=O) groups is 3. The number of carbonyl (C=O) groups excluding carboxylic acids is 3. The van der Waals surface area contributed by atoms with Crippen LogP contribution in [0.2, 0.25) is 0 Å². The Bertz CT molecular complexity index is 813. The van der Waals surface area contributed by atoms with Crippen LogP contribution in [-0.2, 0) is 19.1 Å². The van der Waals surface area contributed by atoms with Crippen LogP contribution in [0.4, 0.5) is 5.69 Å². The van der Waals surface area contributed by atoms with Gasteiger partial charge >= 0.3 is 5.97 Å². The smallest absolute Gasteiger partial charge is 0.331 e. The quantitative estimate of drug-likeness (QED) is 0.586. The van der Waals surface area contributed by atoms with E-state index >= 15 is 0 Å². The molecule has 1 aromatic carbocycles. The summed E-state index contributed by atoms with van der Waals surface area (Å²) in [5.74, 6) is -1.39. The number of nitrogens with zero attached hydrogens (tertiary/aromatic N) is 1. The van der Waals surface area contributed by atoms with E-state index in [2.05, 4.69) is 5.32 Å². The standard InChI is InChI=1S/C20H22N2O4S/c1-14-4-7-17(8-5-14)21-18(23)12-22(3)20(25)15(2)26-19(24)9-6-16-10-11-27-13-16/h4-11,13,15H,12H2,1-3H3,(H,21,23)/b9-6+/t15-/m0/s1. The summed E-state index contributed by atoms with van der Waals surface area (Å²) < 4.78 is 5.10. The zero-order chi connectivity index (χ0) is 19.8. The highest BCUT2D eigenvalue weighted by atomic mass is 32.1. The number of aryl methyl sites for hydroxylation is 1. The molecule has 7 heteroatoms. The van der Waals surface area contributed by atoms with Gasteiger partial charge in [-0.25, -0.2) is 4.79 Å². The van der Waals surface area contributed by atoms with E-state index in [4.69, 9.17) is 4.74 Å². The van der Waals surface area contributed by atoms with Crippen LogP contribution in [0.15, 0.2) is 47.2 Å². The fourth-order valence-electron chi connectivity index (χ4n) is 2.24. The summed E-state index contributed by atoms with van der Waals surface area (Å²) in [5, 5.41) is 6.50. The molecule has 2 rings (SSSR count). The Kier molecular flexibility index (Phi) is 7.31. The van der Waals surface area contributed by atoms with Crippen LogP contribution in [0, 0.1) is 6.92 Å². The summed E-state index contributed by atoms with van der Waals surface area (Å²) in [6, 6.07) is 9.22. The number of hydrogen-bond donors (Lipinski definition) is 1. The number of nitrogens with one attached hydrogen (secondary N) is 1. The van der Waals surface area contributed by atoms with E-state index in [-0.39, 0.29) is 12.5 Å². The van der Waals surface area contributed by atoms with E-state index in [9.17, 15) is 14.4 Å². The van der Waals surface area contributed by atoms with Gasteiger partial charge in [-0.05, 0) is 54.4 Å². The Balaban J connectivity index is 1.81. The van der Waals surface area contributed by atoms with Gasteiger partial charge in [0.15, 0.2) is 6.10 Å². The number of amides is 2. The Morgan fingerprint density at radius 2 is 1.93 bits per heavy atom. The second-order valence-electron chi connectivity index (χ2n) is 6.08. The van der Waals surface area contributed by atoms with Gasteiger partial charge in [0.1, 0.15) is 0 Å². The van der Waals surface area contributed by atoms with Crippen LogP contribution in [0.5, 0.6) is 0 Å². The predicted molar refractivity (Wildman–Crippen MR) is 106 cm³/mol. The first-order chi connectivity index (χ1) is 12.8. The molecule has 0 aliphatic heterocycles. The first-order valence-electron chi connectivity index (χ1n) is 8.37. The van der Waals surface area contributed by atoms with Crippen molar-refractivity contribution in [3.63, 3.8) is 0 Å². The van der Waals surface area contributed by atoms with E-state index in [0.29, 0.717) is 5.69 Å². The van der Waals surface area contributed by atoms with E-state index in [1.807, 2.05) is 35.9 Å². The average Bonchev–Trinajstić information content (AvgIpc) is 3.14. The maximum Gasteiger partial charge on any atom is 0.331 e. The minimum absolute atomic E-state index is 0.140. The number of esters is 1. The average molecular weight is 386 g/mol. The zero-order valence-corrected chi connectivity index (χ0v) is 16.3. The number of ether oxygens (including phenoxy) is 1. The van der Waals surface area contributed by atoms with Crippen LogP contribution in [-0.4, -0.2) is 42.4 Å². The molecule has 27 heavy (non-hydrogen) atoms. The van der Waals surface area contributed by atoms with E-state index in [1.165, 1.54) is 36.3 Å². The Morgan fingerprint density at radius 1 is 1.22 bits per heavy atom. The second-order valence-corrected chi connectivity index (χ2v) is 6.86. The van der Waals surface area contributed by atoms with Crippen molar-refractivity contribution >= 4 is 40.9 Å². The lowest BCUT2D eigenvalue weighted by atomic mass is 10.2. The number of anilines is 1. The molecule has 0 aliphatic carbocycles. The minimum atomic E-state index is -0.984. The van der Waals surface area contributed by atoms with Gasteiger partial charge in [-0.3, -0.25) is 9.59 Å². The first kappa shape index (κ1) is 20.4. The Labute approximate surface area is 162 Å². The molecule has 0 aliphatic rings. The van der Waals surface area contributed by atoms with Crippen molar-refractivity contribution in [2.24, 2.45) is 0 Å². The third-order valence-corrected chi connectivity index (χ3v) is 4.39. The summed E-state index contributed by atoms with van der Waals surface area (Å²) in [4.78, 5) is 37.4. The van der Waals surface area contributed by atoms with Gasteiger partial charge in [-0.15, -0.1) is 0 Å². The van der Waals surface area contributed by atoms with Crippen LogP contribution < -0.4 is 5.32 Å². The van der Waals surface area contributed by atoms with E-state index < -0.39 is 18.0 Å². The molecule has 6 nitrogen and oxygen atoms in total. The molecule has 0 saturated carbocycles. The highest BCUT2D eigenvalue weighted by Gasteiger charge is 2.22. The van der Waals surface area contributed by atoms with E-state index in [0.717, 1.165) is 11.1 Å². The predicted octanol–water partition coefficient (Wildman–Crippen LogP) is 3.10. The maximum atomic E-state index is 12.3. The van der Waals surface area contributed by atoms with Crippen molar-refractivity contribution in [3.05, 3.63) is 58.3 Å². The number of hydrogen-bond acceptors (Lipinski definition) is 5. The van der Waals surface area contributed by atoms with Crippen molar-refractivity contribution in [2.45, 2.75) is 20.0 Å². The van der Waals surface area contributed by atoms with E-state index in [1.54, 1.807) is 18.2 Å². The zero-order valence-electron chi connectivity index (χ0n) is 15.5. The van der Waals surface area contributed by atoms with Gasteiger partial charge < -0.3 is 15.0 Å². The summed E-state index contributed by atoms with van der Waals surface area (Å²) in [6.45, 7) is 3.29. The summed E-state index contributed by atoms with van der Waals surface area (Å²) in [6.07, 6.45) is 1.91. The molecular weight excluding hydrogens is 364 g/mol. The Morgan fingerprint density at radius 3 is 2.56 bits per heavy atom. The van der Waals surface area contributed by atoms with Gasteiger partial charge in [-0.1, -0.05) is 17.7 Å². The molecule has 0 bridgehead atoms. The molecule has 1 aromatic heterocycles. The van der Waals surface area contributed by atoms with Crippen LogP contribution >= 0.6 is 11.3 Å². The lowest BCUT2D eigenvalue weighted by Gasteiger charge is -2.20. The topological polar surface area (TPSA) is 75.7 Å². The highest BCUT2D eigenvalue weighted by molar-refractivity contribution is 7.08. The molecule has 0 fully saturated rings. The number of thiophene rings is 1. The third-order valence-electron chi connectivity index (χ3n) is 3.69. The van der Waals surface area contributed by atoms with Crippen molar-refractivity contribution in [2.75, 3.05) is 18.9 Å². The normalized spacial score (nSPS) is 11.8. The molecule has 0 radical (unpaired) electrons. The van der Waals surface area contributed by atoms with Gasteiger partial charge in [0, 0.05) is 18.8 Å². The first-order valence-corrected chi connectivity index (χ1v) is 9.32. The Hall–Kier alpha value is -2.93. The van der Waals surface area contributed by atoms with Gasteiger partial charge in [0.2, 0.25) is 5.91 Å². The molecule has 1 atom stereocenters. The fourth-order valence-corrected chi connectivity index (χ4v) is 2.87. The van der Waals surface area contributed by atoms with Gasteiger partial charge in [0.25, 0.3) is 5.91 Å². The van der Waals surface area contributed by atoms with Crippen molar-refractivity contribution < 1.29 is 19.1 Å². The van der Waals surface area contributed by atoms with Gasteiger partial charge in [0.05, 0.1) is 6.54 Å². The molecular formula is C20H22N2O4S. The fraction of sp³-hybridized carbons (Fsp3) is 0.250. The number of likely N-dealkylation sites (N-methyl/N-ethyl adjacent to an activating group) is 1. The molecule has 2 amide bonds. The largest absolute Gasteiger partial charge is 0.449 e. The summed E-state index contributed by atoms with van der Waals surface area (Å²) in [7, 11) is 1.49. The lowest BCUT2D eigenvalue weighted by Crippen LogP contribution is -2.41. The lowest BCUT2D eigenvalue weighted by molar-refractivity contribution is -0.154. The SMILES string of the molecule is Cc1ccc(NC(=O)CN(C)C(=O)[C@H](C)OC(=O)/C=C/c2ccsc2)cc1. The van der Waals surface area contributed by atoms with Crippen molar-refractivity contribution in [1.29, 1.82) is 0 Å². The molecule has 0 spiro atoms. The molecule has 0 saturated heterocycles. The minimum Gasteiger partial charge on any atom is -0.449 e.